The van der Waals surface area contributed by atoms with E-state index in [-0.39, 0.29) is 12.3 Å². The highest BCUT2D eigenvalue weighted by molar-refractivity contribution is 5.88. The Morgan fingerprint density at radius 1 is 0.886 bits per heavy atom. The van der Waals surface area contributed by atoms with E-state index in [1.54, 1.807) is 0 Å². The van der Waals surface area contributed by atoms with Crippen molar-refractivity contribution in [2.45, 2.75) is 44.6 Å². The standard InChI is InChI=1S/C28H30N2O5/c29-27(31)23(30-28(32)25-12-7-15-33-25)16-22-13-14-24(34-18-20-8-3-1-4-9-20)26(17-22)35-19-21-10-5-2-6-11-21/h1-6,8-11,13-14,17,23,25H,7,12,15-16,18-19H2,(H2,29,31)(H,30,32)/t23-,25-/m1/s1. The summed E-state index contributed by atoms with van der Waals surface area (Å²) in [6.45, 7) is 1.30. The van der Waals surface area contributed by atoms with E-state index in [9.17, 15) is 9.59 Å². The van der Waals surface area contributed by atoms with Gasteiger partial charge in [0, 0.05) is 13.0 Å². The summed E-state index contributed by atoms with van der Waals surface area (Å²) in [4.78, 5) is 24.5. The number of nitrogens with two attached hydrogens (primary N) is 1. The summed E-state index contributed by atoms with van der Waals surface area (Å²) < 4.78 is 17.6. The van der Waals surface area contributed by atoms with Crippen molar-refractivity contribution in [3.63, 3.8) is 0 Å². The summed E-state index contributed by atoms with van der Waals surface area (Å²) in [6, 6.07) is 24.3. The molecule has 3 aromatic carbocycles. The molecule has 2 amide bonds. The first-order valence-corrected chi connectivity index (χ1v) is 11.8. The second-order valence-corrected chi connectivity index (χ2v) is 8.50. The van der Waals surface area contributed by atoms with Crippen molar-refractivity contribution in [1.82, 2.24) is 5.32 Å². The average Bonchev–Trinajstić information content (AvgIpc) is 3.43. The number of carbonyl (C=O) groups is 2. The molecule has 1 fully saturated rings. The number of amides is 2. The zero-order valence-electron chi connectivity index (χ0n) is 19.5. The maximum atomic E-state index is 12.5. The van der Waals surface area contributed by atoms with E-state index in [4.69, 9.17) is 19.9 Å². The molecule has 1 heterocycles. The van der Waals surface area contributed by atoms with Gasteiger partial charge in [-0.1, -0.05) is 66.7 Å². The summed E-state index contributed by atoms with van der Waals surface area (Å²) in [6.07, 6.45) is 1.16. The maximum absolute atomic E-state index is 12.5. The molecule has 4 rings (SSSR count). The van der Waals surface area contributed by atoms with Crippen LogP contribution in [0.3, 0.4) is 0 Å². The van der Waals surface area contributed by atoms with Gasteiger partial charge in [0.05, 0.1) is 0 Å². The van der Waals surface area contributed by atoms with E-state index in [1.807, 2.05) is 78.9 Å². The van der Waals surface area contributed by atoms with Gasteiger partial charge in [-0.05, 0) is 41.7 Å². The van der Waals surface area contributed by atoms with Crippen molar-refractivity contribution in [2.24, 2.45) is 5.73 Å². The molecule has 3 N–H and O–H groups in total. The van der Waals surface area contributed by atoms with Crippen molar-refractivity contribution in [1.29, 1.82) is 0 Å². The third kappa shape index (κ3) is 7.07. The average molecular weight is 475 g/mol. The zero-order chi connectivity index (χ0) is 24.5. The highest BCUT2D eigenvalue weighted by Gasteiger charge is 2.27. The van der Waals surface area contributed by atoms with Gasteiger partial charge in [-0.2, -0.15) is 0 Å². The molecule has 7 heteroatoms. The van der Waals surface area contributed by atoms with E-state index < -0.39 is 18.1 Å². The van der Waals surface area contributed by atoms with Gasteiger partial charge in [0.25, 0.3) is 0 Å². The second-order valence-electron chi connectivity index (χ2n) is 8.50. The molecule has 0 unspecified atom stereocenters. The third-order valence-corrected chi connectivity index (χ3v) is 5.80. The predicted molar refractivity (Wildman–Crippen MR) is 132 cm³/mol. The lowest BCUT2D eigenvalue weighted by atomic mass is 10.0. The fourth-order valence-corrected chi connectivity index (χ4v) is 3.89. The van der Waals surface area contributed by atoms with Crippen LogP contribution in [-0.4, -0.2) is 30.6 Å². The molecule has 182 valence electrons. The first kappa shape index (κ1) is 24.3. The van der Waals surface area contributed by atoms with Crippen LogP contribution in [0.2, 0.25) is 0 Å². The summed E-state index contributed by atoms with van der Waals surface area (Å²) >= 11 is 0. The van der Waals surface area contributed by atoms with Crippen molar-refractivity contribution in [3.05, 3.63) is 95.6 Å². The highest BCUT2D eigenvalue weighted by atomic mass is 16.5. The Bertz CT molecular complexity index is 1110. The fraction of sp³-hybridized carbons (Fsp3) is 0.286. The lowest BCUT2D eigenvalue weighted by molar-refractivity contribution is -0.133. The normalized spacial score (nSPS) is 15.8. The van der Waals surface area contributed by atoms with Gasteiger partial charge in [0.15, 0.2) is 11.5 Å². The smallest absolute Gasteiger partial charge is 0.249 e. The van der Waals surface area contributed by atoms with Gasteiger partial charge in [0.2, 0.25) is 11.8 Å². The Labute approximate surface area is 205 Å². The lowest BCUT2D eigenvalue weighted by Gasteiger charge is -2.19. The molecule has 3 aromatic rings. The molecule has 1 saturated heterocycles. The van der Waals surface area contributed by atoms with E-state index >= 15 is 0 Å². The molecule has 1 aliphatic rings. The number of nitrogens with one attached hydrogen (secondary N) is 1. The van der Waals surface area contributed by atoms with Crippen molar-refractivity contribution < 1.29 is 23.8 Å². The summed E-state index contributed by atoms with van der Waals surface area (Å²) in [7, 11) is 0. The van der Waals surface area contributed by atoms with Crippen molar-refractivity contribution in [2.75, 3.05) is 6.61 Å². The fourth-order valence-electron chi connectivity index (χ4n) is 3.89. The molecule has 35 heavy (non-hydrogen) atoms. The van der Waals surface area contributed by atoms with Crippen molar-refractivity contribution in [3.8, 4) is 11.5 Å². The van der Waals surface area contributed by atoms with E-state index in [2.05, 4.69) is 5.32 Å². The van der Waals surface area contributed by atoms with Crippen LogP contribution in [0.25, 0.3) is 0 Å². The minimum absolute atomic E-state index is 0.231. The van der Waals surface area contributed by atoms with E-state index in [0.29, 0.717) is 37.7 Å². The Morgan fingerprint density at radius 2 is 1.51 bits per heavy atom. The number of rotatable bonds is 11. The van der Waals surface area contributed by atoms with Crippen LogP contribution < -0.4 is 20.5 Å². The second kappa shape index (κ2) is 12.0. The lowest BCUT2D eigenvalue weighted by Crippen LogP contribution is -2.49. The molecule has 1 aliphatic heterocycles. The van der Waals surface area contributed by atoms with Crippen LogP contribution in [-0.2, 0) is 34.0 Å². The summed E-state index contributed by atoms with van der Waals surface area (Å²) in [5.41, 5.74) is 8.44. The number of primary amides is 1. The van der Waals surface area contributed by atoms with Crippen LogP contribution in [0, 0.1) is 0 Å². The van der Waals surface area contributed by atoms with E-state index in [1.165, 1.54) is 0 Å². The number of ether oxygens (including phenoxy) is 3. The SMILES string of the molecule is NC(=O)[C@@H](Cc1ccc(OCc2ccccc2)c(OCc2ccccc2)c1)NC(=O)[C@H]1CCCO1. The molecular formula is C28H30N2O5. The number of hydrogen-bond acceptors (Lipinski definition) is 5. The molecule has 0 aromatic heterocycles. The zero-order valence-corrected chi connectivity index (χ0v) is 19.5. The number of hydrogen-bond donors (Lipinski definition) is 2. The molecule has 0 spiro atoms. The number of benzene rings is 3. The van der Waals surface area contributed by atoms with Crippen LogP contribution in [0.15, 0.2) is 78.9 Å². The monoisotopic (exact) mass is 474 g/mol. The Balaban J connectivity index is 1.49. The summed E-state index contributed by atoms with van der Waals surface area (Å²) in [5, 5.41) is 2.73. The quantitative estimate of drug-likeness (QED) is 0.443. The minimum Gasteiger partial charge on any atom is -0.485 e. The Kier molecular flexibility index (Phi) is 8.35. The third-order valence-electron chi connectivity index (χ3n) is 5.80. The van der Waals surface area contributed by atoms with Gasteiger partial charge in [-0.3, -0.25) is 9.59 Å². The molecule has 7 nitrogen and oxygen atoms in total. The topological polar surface area (TPSA) is 99.9 Å². The Morgan fingerprint density at radius 3 is 2.09 bits per heavy atom. The van der Waals surface area contributed by atoms with Gasteiger partial charge in [-0.25, -0.2) is 0 Å². The molecule has 0 aliphatic carbocycles. The molecule has 2 atom stereocenters. The Hall–Kier alpha value is -3.84. The van der Waals surface area contributed by atoms with Gasteiger partial charge >= 0.3 is 0 Å². The largest absolute Gasteiger partial charge is 0.485 e. The van der Waals surface area contributed by atoms with Crippen LogP contribution in [0.5, 0.6) is 11.5 Å². The first-order valence-electron chi connectivity index (χ1n) is 11.8. The molecule has 0 bridgehead atoms. The van der Waals surface area contributed by atoms with Gasteiger partial charge < -0.3 is 25.3 Å². The van der Waals surface area contributed by atoms with Gasteiger partial charge in [0.1, 0.15) is 25.4 Å². The van der Waals surface area contributed by atoms with Crippen LogP contribution >= 0.6 is 0 Å². The number of carbonyl (C=O) groups excluding carboxylic acids is 2. The van der Waals surface area contributed by atoms with Crippen LogP contribution in [0.1, 0.15) is 29.5 Å². The van der Waals surface area contributed by atoms with Gasteiger partial charge in [-0.15, -0.1) is 0 Å². The molecule has 0 saturated carbocycles. The van der Waals surface area contributed by atoms with Crippen molar-refractivity contribution >= 4 is 11.8 Å². The minimum atomic E-state index is -0.857. The molecule has 0 radical (unpaired) electrons. The first-order chi connectivity index (χ1) is 17.1. The summed E-state index contributed by atoms with van der Waals surface area (Å²) in [5.74, 6) is 0.227. The molecular weight excluding hydrogens is 444 g/mol. The predicted octanol–water partition coefficient (Wildman–Crippen LogP) is 3.54. The maximum Gasteiger partial charge on any atom is 0.249 e. The highest BCUT2D eigenvalue weighted by Crippen LogP contribution is 2.30. The van der Waals surface area contributed by atoms with E-state index in [0.717, 1.165) is 23.1 Å². The van der Waals surface area contributed by atoms with Crippen LogP contribution in [0.4, 0.5) is 0 Å².